The Bertz CT molecular complexity index is 664. The van der Waals surface area contributed by atoms with Crippen LogP contribution in [0.3, 0.4) is 0 Å². The lowest BCUT2D eigenvalue weighted by molar-refractivity contribution is 0.0999. The minimum atomic E-state index is -0.706. The Balaban J connectivity index is 2.82. The van der Waals surface area contributed by atoms with Gasteiger partial charge in [-0.1, -0.05) is 6.07 Å². The molecule has 0 radical (unpaired) electrons. The van der Waals surface area contributed by atoms with Crippen LogP contribution in [0.25, 0.3) is 11.1 Å². The molecular formula is C14H10FIN2O2. The standard InChI is InChI=1S/C14H10FIN2O2/c15-8-4-7(5-9(16)6-8)12-10(13(17)19)2-1-3-11(12)14(18)20/h1-6H,(H2,17,19)(H2,18,20). The normalized spacial score (nSPS) is 10.3. The van der Waals surface area contributed by atoms with Gasteiger partial charge in [-0.05, 0) is 58.5 Å². The largest absolute Gasteiger partial charge is 0.366 e. The van der Waals surface area contributed by atoms with Crippen LogP contribution in [0.2, 0.25) is 0 Å². The van der Waals surface area contributed by atoms with Crippen LogP contribution in [0, 0.1) is 9.39 Å². The Hall–Kier alpha value is -1.96. The molecule has 4 N–H and O–H groups in total. The van der Waals surface area contributed by atoms with Crippen molar-refractivity contribution in [2.24, 2.45) is 11.5 Å². The number of carbonyl (C=O) groups is 2. The van der Waals surface area contributed by atoms with Gasteiger partial charge in [0.05, 0.1) is 0 Å². The van der Waals surface area contributed by atoms with Crippen molar-refractivity contribution in [1.29, 1.82) is 0 Å². The number of benzene rings is 2. The van der Waals surface area contributed by atoms with Gasteiger partial charge in [-0.2, -0.15) is 0 Å². The molecule has 0 fully saturated rings. The molecule has 2 aromatic carbocycles. The first-order chi connectivity index (χ1) is 9.40. The van der Waals surface area contributed by atoms with E-state index in [9.17, 15) is 14.0 Å². The first kappa shape index (κ1) is 14.4. The monoisotopic (exact) mass is 384 g/mol. The van der Waals surface area contributed by atoms with Gasteiger partial charge in [0.25, 0.3) is 0 Å². The van der Waals surface area contributed by atoms with E-state index in [1.165, 1.54) is 30.3 Å². The number of primary amides is 2. The summed E-state index contributed by atoms with van der Waals surface area (Å²) < 4.78 is 14.2. The second-order valence-electron chi connectivity index (χ2n) is 4.11. The van der Waals surface area contributed by atoms with Gasteiger partial charge in [0.15, 0.2) is 0 Å². The Morgan fingerprint density at radius 3 is 2.00 bits per heavy atom. The highest BCUT2D eigenvalue weighted by molar-refractivity contribution is 14.1. The van der Waals surface area contributed by atoms with Crippen LogP contribution in [0.15, 0.2) is 36.4 Å². The Kier molecular flexibility index (Phi) is 4.03. The Morgan fingerprint density at radius 2 is 1.55 bits per heavy atom. The molecule has 0 heterocycles. The first-order valence-corrected chi connectivity index (χ1v) is 6.67. The van der Waals surface area contributed by atoms with Crippen LogP contribution in [-0.4, -0.2) is 11.8 Å². The van der Waals surface area contributed by atoms with E-state index in [0.717, 1.165) is 0 Å². The first-order valence-electron chi connectivity index (χ1n) is 5.59. The number of rotatable bonds is 3. The van der Waals surface area contributed by atoms with Crippen molar-refractivity contribution >= 4 is 34.4 Å². The number of carbonyl (C=O) groups excluding carboxylic acids is 2. The highest BCUT2D eigenvalue weighted by atomic mass is 127. The maximum absolute atomic E-state index is 13.5. The smallest absolute Gasteiger partial charge is 0.249 e. The van der Waals surface area contributed by atoms with Crippen molar-refractivity contribution in [3.63, 3.8) is 0 Å². The van der Waals surface area contributed by atoms with Gasteiger partial charge in [-0.15, -0.1) is 0 Å². The molecule has 0 aliphatic heterocycles. The lowest BCUT2D eigenvalue weighted by Crippen LogP contribution is -2.18. The van der Waals surface area contributed by atoms with E-state index in [1.54, 1.807) is 6.07 Å². The molecule has 20 heavy (non-hydrogen) atoms. The molecule has 0 spiro atoms. The summed E-state index contributed by atoms with van der Waals surface area (Å²) >= 11 is 1.94. The summed E-state index contributed by atoms with van der Waals surface area (Å²) in [5.41, 5.74) is 11.5. The molecule has 0 saturated carbocycles. The van der Waals surface area contributed by atoms with E-state index in [-0.39, 0.29) is 16.7 Å². The van der Waals surface area contributed by atoms with Crippen molar-refractivity contribution in [2.45, 2.75) is 0 Å². The third-order valence-electron chi connectivity index (χ3n) is 2.75. The highest BCUT2D eigenvalue weighted by Gasteiger charge is 2.18. The molecule has 6 heteroatoms. The summed E-state index contributed by atoms with van der Waals surface area (Å²) in [7, 11) is 0. The molecule has 0 aliphatic carbocycles. The number of halogens is 2. The maximum atomic E-state index is 13.5. The highest BCUT2D eigenvalue weighted by Crippen LogP contribution is 2.29. The summed E-state index contributed by atoms with van der Waals surface area (Å²) in [6, 6.07) is 8.67. The summed E-state index contributed by atoms with van der Waals surface area (Å²) in [6.45, 7) is 0. The van der Waals surface area contributed by atoms with Crippen LogP contribution < -0.4 is 11.5 Å². The zero-order chi connectivity index (χ0) is 14.9. The molecule has 0 saturated heterocycles. The van der Waals surface area contributed by atoms with Crippen molar-refractivity contribution in [2.75, 3.05) is 0 Å². The third kappa shape index (κ3) is 2.79. The number of hydrogen-bond acceptors (Lipinski definition) is 2. The lowest BCUT2D eigenvalue weighted by Gasteiger charge is -2.12. The van der Waals surface area contributed by atoms with Crippen LogP contribution in [0.5, 0.6) is 0 Å². The van der Waals surface area contributed by atoms with Crippen LogP contribution in [0.4, 0.5) is 4.39 Å². The summed E-state index contributed by atoms with van der Waals surface area (Å²) in [5, 5.41) is 0. The average Bonchev–Trinajstić information content (AvgIpc) is 2.36. The maximum Gasteiger partial charge on any atom is 0.249 e. The quantitative estimate of drug-likeness (QED) is 0.796. The molecule has 0 aromatic heterocycles. The van der Waals surface area contributed by atoms with Gasteiger partial charge in [-0.25, -0.2) is 4.39 Å². The van der Waals surface area contributed by atoms with Crippen molar-refractivity contribution in [3.05, 3.63) is 56.9 Å². The molecule has 0 bridgehead atoms. The van der Waals surface area contributed by atoms with E-state index in [1.807, 2.05) is 22.6 Å². The van der Waals surface area contributed by atoms with E-state index in [2.05, 4.69) is 0 Å². The van der Waals surface area contributed by atoms with E-state index >= 15 is 0 Å². The molecular weight excluding hydrogens is 374 g/mol. The number of amides is 2. The van der Waals surface area contributed by atoms with Crippen LogP contribution in [-0.2, 0) is 0 Å². The van der Waals surface area contributed by atoms with E-state index < -0.39 is 17.6 Å². The Morgan fingerprint density at radius 1 is 1.00 bits per heavy atom. The zero-order valence-electron chi connectivity index (χ0n) is 10.2. The van der Waals surface area contributed by atoms with E-state index in [0.29, 0.717) is 9.13 Å². The molecule has 4 nitrogen and oxygen atoms in total. The molecule has 0 atom stereocenters. The molecule has 2 rings (SSSR count). The lowest BCUT2D eigenvalue weighted by atomic mass is 9.93. The van der Waals surface area contributed by atoms with Crippen LogP contribution >= 0.6 is 22.6 Å². The number of hydrogen-bond donors (Lipinski definition) is 2. The van der Waals surface area contributed by atoms with Gasteiger partial charge in [0.2, 0.25) is 11.8 Å². The van der Waals surface area contributed by atoms with Crippen molar-refractivity contribution in [3.8, 4) is 11.1 Å². The topological polar surface area (TPSA) is 86.2 Å². The van der Waals surface area contributed by atoms with Gasteiger partial charge in [0, 0.05) is 20.3 Å². The predicted molar refractivity (Wildman–Crippen MR) is 81.6 cm³/mol. The number of nitrogens with two attached hydrogens (primary N) is 2. The summed E-state index contributed by atoms with van der Waals surface area (Å²) in [6.07, 6.45) is 0. The molecule has 2 aromatic rings. The molecule has 2 amide bonds. The zero-order valence-corrected chi connectivity index (χ0v) is 12.3. The SMILES string of the molecule is NC(=O)c1cccc(C(N)=O)c1-c1cc(F)cc(I)c1. The van der Waals surface area contributed by atoms with Crippen LogP contribution in [0.1, 0.15) is 20.7 Å². The predicted octanol–water partition coefficient (Wildman–Crippen LogP) is 2.30. The summed E-state index contributed by atoms with van der Waals surface area (Å²) in [5.74, 6) is -1.88. The van der Waals surface area contributed by atoms with Crippen molar-refractivity contribution in [1.82, 2.24) is 0 Å². The second kappa shape index (κ2) is 5.58. The minimum Gasteiger partial charge on any atom is -0.366 e. The molecule has 0 unspecified atom stereocenters. The third-order valence-corrected chi connectivity index (χ3v) is 3.37. The Labute approximate surface area is 128 Å². The fourth-order valence-electron chi connectivity index (χ4n) is 1.97. The minimum absolute atomic E-state index is 0.128. The molecule has 0 aliphatic rings. The van der Waals surface area contributed by atoms with Gasteiger partial charge in [0.1, 0.15) is 5.82 Å². The summed E-state index contributed by atoms with van der Waals surface area (Å²) in [4.78, 5) is 23.0. The van der Waals surface area contributed by atoms with E-state index in [4.69, 9.17) is 11.5 Å². The van der Waals surface area contributed by atoms with Gasteiger partial charge in [-0.3, -0.25) is 9.59 Å². The van der Waals surface area contributed by atoms with Crippen molar-refractivity contribution < 1.29 is 14.0 Å². The van der Waals surface area contributed by atoms with Gasteiger partial charge < -0.3 is 11.5 Å². The average molecular weight is 384 g/mol. The fourth-order valence-corrected chi connectivity index (χ4v) is 2.61. The fraction of sp³-hybridized carbons (Fsp3) is 0. The molecule has 102 valence electrons. The van der Waals surface area contributed by atoms with Gasteiger partial charge >= 0.3 is 0 Å². The second-order valence-corrected chi connectivity index (χ2v) is 5.36.